The van der Waals surface area contributed by atoms with Crippen molar-refractivity contribution in [3.8, 4) is 22.6 Å². The first-order valence-corrected chi connectivity index (χ1v) is 16.3. The Kier molecular flexibility index (Phi) is 13.8. The van der Waals surface area contributed by atoms with Crippen LogP contribution in [-0.4, -0.2) is 94.2 Å². The number of fused-ring (bicyclic) bond motifs is 5. The summed E-state index contributed by atoms with van der Waals surface area (Å²) >= 11 is 0. The number of esters is 1. The van der Waals surface area contributed by atoms with Crippen molar-refractivity contribution in [2.45, 2.75) is 71.2 Å². The Hall–Kier alpha value is -5.05. The zero-order valence-corrected chi connectivity index (χ0v) is 29.9. The first-order chi connectivity index (χ1) is 23.5. The summed E-state index contributed by atoms with van der Waals surface area (Å²) in [5.74, 6) is -0.890. The van der Waals surface area contributed by atoms with Gasteiger partial charge in [-0.05, 0) is 84.0 Å². The van der Waals surface area contributed by atoms with Gasteiger partial charge in [-0.1, -0.05) is 12.1 Å². The molecule has 0 unspecified atom stereocenters. The molecule has 2 aromatic carbocycles. The second kappa shape index (κ2) is 17.6. The highest BCUT2D eigenvalue weighted by Gasteiger charge is 2.27. The summed E-state index contributed by atoms with van der Waals surface area (Å²) in [7, 11) is 2.83. The molecule has 50 heavy (non-hydrogen) atoms. The fourth-order valence-electron chi connectivity index (χ4n) is 4.90. The fourth-order valence-corrected chi connectivity index (χ4v) is 4.90. The van der Waals surface area contributed by atoms with Gasteiger partial charge >= 0.3 is 18.2 Å². The molecule has 15 nitrogen and oxygen atoms in total. The maximum atomic E-state index is 13.3. The van der Waals surface area contributed by atoms with Gasteiger partial charge in [0.2, 0.25) is 11.8 Å². The molecule has 5 N–H and O–H groups in total. The number of ether oxygens (including phenoxy) is 5. The van der Waals surface area contributed by atoms with Crippen molar-refractivity contribution in [2.24, 2.45) is 0 Å². The second-order valence-electron chi connectivity index (χ2n) is 13.4. The molecular weight excluding hydrogens is 650 g/mol. The van der Waals surface area contributed by atoms with Crippen molar-refractivity contribution in [1.82, 2.24) is 26.6 Å². The van der Waals surface area contributed by atoms with Crippen LogP contribution in [0.25, 0.3) is 11.1 Å². The topological polar surface area (TPSA) is 192 Å². The molecule has 0 spiro atoms. The third-order valence-electron chi connectivity index (χ3n) is 6.96. The van der Waals surface area contributed by atoms with E-state index in [-0.39, 0.29) is 39.3 Å². The predicted octanol–water partition coefficient (Wildman–Crippen LogP) is 2.75. The Morgan fingerprint density at radius 1 is 0.820 bits per heavy atom. The molecule has 3 rings (SSSR count). The quantitative estimate of drug-likeness (QED) is 0.139. The Labute approximate surface area is 292 Å². The second-order valence-corrected chi connectivity index (χ2v) is 13.4. The minimum absolute atomic E-state index is 0.0642. The summed E-state index contributed by atoms with van der Waals surface area (Å²) in [5.41, 5.74) is 0.974. The van der Waals surface area contributed by atoms with E-state index in [0.29, 0.717) is 33.8 Å². The van der Waals surface area contributed by atoms with E-state index in [9.17, 15) is 24.0 Å². The smallest absolute Gasteiger partial charge is 0.407 e. The SMILES string of the molecule is CN[C@@H]1C(=O)NCC(=O)N[C@H](C(=O)OC)Cc2ccc(OCCNC(=O)OC(C)(C)C)c(c2)-c2cc1ccc2OCCNC(=O)OC(C)(C)C. The Balaban J connectivity index is 2.04. The van der Waals surface area contributed by atoms with Crippen molar-refractivity contribution in [3.05, 3.63) is 47.5 Å². The molecule has 1 heterocycles. The molecule has 0 aromatic heterocycles. The van der Waals surface area contributed by atoms with Crippen LogP contribution >= 0.6 is 0 Å². The molecule has 1 aliphatic rings. The lowest BCUT2D eigenvalue weighted by atomic mass is 9.94. The zero-order chi connectivity index (χ0) is 37.1. The monoisotopic (exact) mass is 699 g/mol. The van der Waals surface area contributed by atoms with Crippen molar-refractivity contribution < 1.29 is 47.7 Å². The van der Waals surface area contributed by atoms with Crippen LogP contribution in [0.1, 0.15) is 58.7 Å². The molecule has 1 aliphatic heterocycles. The molecule has 2 atom stereocenters. The van der Waals surface area contributed by atoms with Gasteiger partial charge in [0.1, 0.15) is 48.0 Å². The summed E-state index contributed by atoms with van der Waals surface area (Å²) in [4.78, 5) is 63.1. The third-order valence-corrected chi connectivity index (χ3v) is 6.96. The van der Waals surface area contributed by atoms with Crippen LogP contribution in [0.3, 0.4) is 0 Å². The number of rotatable bonds is 10. The van der Waals surface area contributed by atoms with Crippen molar-refractivity contribution in [1.29, 1.82) is 0 Å². The molecule has 15 heteroatoms. The highest BCUT2D eigenvalue weighted by Crippen LogP contribution is 2.39. The van der Waals surface area contributed by atoms with Crippen LogP contribution in [0.4, 0.5) is 9.59 Å². The van der Waals surface area contributed by atoms with E-state index >= 15 is 0 Å². The molecule has 274 valence electrons. The fraction of sp³-hybridized carbons (Fsp3) is 0.514. The summed E-state index contributed by atoms with van der Waals surface area (Å²) in [6.07, 6.45) is -1.11. The van der Waals surface area contributed by atoms with Gasteiger partial charge in [-0.25, -0.2) is 14.4 Å². The number of benzene rings is 2. The lowest BCUT2D eigenvalue weighted by Crippen LogP contribution is -2.48. The van der Waals surface area contributed by atoms with Gasteiger partial charge in [-0.2, -0.15) is 0 Å². The van der Waals surface area contributed by atoms with Crippen molar-refractivity contribution in [3.63, 3.8) is 0 Å². The number of carbonyl (C=O) groups is 5. The average Bonchev–Trinajstić information content (AvgIpc) is 3.02. The molecular formula is C35H49N5O10. The first-order valence-electron chi connectivity index (χ1n) is 16.3. The predicted molar refractivity (Wildman–Crippen MR) is 184 cm³/mol. The van der Waals surface area contributed by atoms with Crippen LogP contribution < -0.4 is 36.1 Å². The maximum absolute atomic E-state index is 13.3. The number of amides is 4. The van der Waals surface area contributed by atoms with Crippen LogP contribution in [0.2, 0.25) is 0 Å². The molecule has 0 saturated carbocycles. The highest BCUT2D eigenvalue weighted by molar-refractivity contribution is 5.91. The number of hydrogen-bond acceptors (Lipinski definition) is 11. The average molecular weight is 700 g/mol. The summed E-state index contributed by atoms with van der Waals surface area (Å²) in [5, 5.41) is 13.6. The van der Waals surface area contributed by atoms with Crippen LogP contribution in [-0.2, 0) is 35.0 Å². The Bertz CT molecular complexity index is 1530. The van der Waals surface area contributed by atoms with Crippen molar-refractivity contribution >= 4 is 30.0 Å². The van der Waals surface area contributed by atoms with E-state index in [0.717, 1.165) is 0 Å². The normalized spacial score (nSPS) is 16.5. The van der Waals surface area contributed by atoms with Gasteiger partial charge < -0.3 is 50.3 Å². The van der Waals surface area contributed by atoms with Gasteiger partial charge in [-0.3, -0.25) is 9.59 Å². The Morgan fingerprint density at radius 2 is 1.36 bits per heavy atom. The maximum Gasteiger partial charge on any atom is 0.407 e. The lowest BCUT2D eigenvalue weighted by Gasteiger charge is -2.23. The van der Waals surface area contributed by atoms with Crippen molar-refractivity contribution in [2.75, 3.05) is 47.0 Å². The van der Waals surface area contributed by atoms with E-state index in [1.807, 2.05) is 0 Å². The molecule has 0 fully saturated rings. The lowest BCUT2D eigenvalue weighted by molar-refractivity contribution is -0.145. The van der Waals surface area contributed by atoms with E-state index < -0.39 is 53.3 Å². The highest BCUT2D eigenvalue weighted by atomic mass is 16.6. The number of nitrogens with one attached hydrogen (secondary N) is 5. The number of carbonyl (C=O) groups excluding carboxylic acids is 5. The standard InChI is InChI=1S/C35H49N5O10/c1-34(2,3)49-32(44)37-13-15-47-26-11-9-21-17-23(26)24-19-22(10-12-27(24)48-16-14-38-33(45)50-35(4,5)6)29(36-7)30(42)39-20-28(41)40-25(18-21)31(43)46-8/h9-12,17,19,25,29,36H,13-16,18,20H2,1-8H3,(H,37,44)(H,38,45)(H,39,42)(H,40,41)/t25-,29-/m0/s1. The van der Waals surface area contributed by atoms with Crippen LogP contribution in [0.5, 0.6) is 11.5 Å². The molecule has 0 aliphatic carbocycles. The van der Waals surface area contributed by atoms with Crippen LogP contribution in [0, 0.1) is 0 Å². The third kappa shape index (κ3) is 12.4. The molecule has 4 amide bonds. The molecule has 0 radical (unpaired) electrons. The van der Waals surface area contributed by atoms with E-state index in [2.05, 4.69) is 26.6 Å². The van der Waals surface area contributed by atoms with E-state index in [1.54, 1.807) is 85.0 Å². The minimum atomic E-state index is -1.05. The Morgan fingerprint density at radius 3 is 1.88 bits per heavy atom. The first kappa shape index (κ1) is 39.4. The van der Waals surface area contributed by atoms with Gasteiger partial charge in [0.05, 0.1) is 26.7 Å². The van der Waals surface area contributed by atoms with Gasteiger partial charge in [0, 0.05) is 17.5 Å². The summed E-state index contributed by atoms with van der Waals surface area (Å²) < 4.78 is 27.9. The number of hydrogen-bond donors (Lipinski definition) is 5. The minimum Gasteiger partial charge on any atom is -0.491 e. The molecule has 2 aromatic rings. The van der Waals surface area contributed by atoms with Crippen LogP contribution in [0.15, 0.2) is 36.4 Å². The zero-order valence-electron chi connectivity index (χ0n) is 29.9. The van der Waals surface area contributed by atoms with E-state index in [1.165, 1.54) is 7.11 Å². The van der Waals surface area contributed by atoms with Gasteiger partial charge in [0.15, 0.2) is 0 Å². The summed E-state index contributed by atoms with van der Waals surface area (Å²) in [6.45, 7) is 10.6. The summed E-state index contributed by atoms with van der Waals surface area (Å²) in [6, 6.07) is 8.53. The number of likely N-dealkylation sites (N-methyl/N-ethyl adjacent to an activating group) is 1. The number of alkyl carbamates (subject to hydrolysis) is 2. The largest absolute Gasteiger partial charge is 0.491 e. The van der Waals surface area contributed by atoms with Gasteiger partial charge in [0.25, 0.3) is 0 Å². The van der Waals surface area contributed by atoms with E-state index in [4.69, 9.17) is 23.7 Å². The van der Waals surface area contributed by atoms with Gasteiger partial charge in [-0.15, -0.1) is 0 Å². The molecule has 4 bridgehead atoms. The molecule has 0 saturated heterocycles. The number of methoxy groups -OCH3 is 1.